The molecule has 0 aliphatic heterocycles. The van der Waals surface area contributed by atoms with E-state index in [0.29, 0.717) is 0 Å². The van der Waals surface area contributed by atoms with Gasteiger partial charge in [-0.3, -0.25) is 14.1 Å². The van der Waals surface area contributed by atoms with Crippen LogP contribution < -0.4 is 0 Å². The second-order valence-corrected chi connectivity index (χ2v) is 3.92. The summed E-state index contributed by atoms with van der Waals surface area (Å²) in [6.45, 7) is 2.77. The summed E-state index contributed by atoms with van der Waals surface area (Å²) >= 11 is 0. The van der Waals surface area contributed by atoms with Crippen LogP contribution in [0.1, 0.15) is 6.42 Å². The lowest BCUT2D eigenvalue weighted by Gasteiger charge is -2.01. The molecule has 0 aromatic heterocycles. The SMILES string of the molecule is C=C(O[P+](O)(O)O)C(=O)O.O.O=C(O)CC(=O)C(=O)O.O=C=O. The van der Waals surface area contributed by atoms with Crippen molar-refractivity contribution >= 4 is 38.0 Å². The summed E-state index contributed by atoms with van der Waals surface area (Å²) in [6, 6.07) is 0. The molecule has 0 fully saturated rings. The average Bonchev–Trinajstić information content (AvgIpc) is 2.27. The number of carbonyl (C=O) groups is 4. The van der Waals surface area contributed by atoms with E-state index in [-0.39, 0.29) is 11.6 Å². The molecular weight excluding hydrogens is 351 g/mol. The van der Waals surface area contributed by atoms with Gasteiger partial charge in [-0.05, 0) is 6.58 Å². The average molecular weight is 363 g/mol. The minimum absolute atomic E-state index is 0. The van der Waals surface area contributed by atoms with Crippen molar-refractivity contribution in [3.63, 3.8) is 0 Å². The van der Waals surface area contributed by atoms with Crippen molar-refractivity contribution in [1.82, 2.24) is 0 Å². The topological polar surface area (TPSA) is 265 Å². The first-order valence-electron chi connectivity index (χ1n) is 4.44. The number of rotatable bonds is 6. The molecule has 0 rings (SSSR count). The normalized spacial score (nSPS) is 8.30. The summed E-state index contributed by atoms with van der Waals surface area (Å²) in [7, 11) is -4.51. The molecule has 14 nitrogen and oxygen atoms in total. The summed E-state index contributed by atoms with van der Waals surface area (Å²) in [6.07, 6.45) is -0.699. The lowest BCUT2D eigenvalue weighted by Crippen LogP contribution is -2.16. The fraction of sp³-hybridized carbons (Fsp3) is 0.125. The second-order valence-electron chi connectivity index (χ2n) is 2.72. The molecule has 0 aliphatic rings. The maximum Gasteiger partial charge on any atom is 0.614 e. The molecule has 8 N–H and O–H groups in total. The predicted molar refractivity (Wildman–Crippen MR) is 65.0 cm³/mol. The highest BCUT2D eigenvalue weighted by molar-refractivity contribution is 7.53. The minimum Gasteiger partial charge on any atom is -0.481 e. The number of carbonyl (C=O) groups excluding carboxylic acids is 3. The Morgan fingerprint density at radius 1 is 0.957 bits per heavy atom. The van der Waals surface area contributed by atoms with Gasteiger partial charge in [0.1, 0.15) is 6.42 Å². The van der Waals surface area contributed by atoms with Crippen molar-refractivity contribution in [3.05, 3.63) is 12.3 Å². The molecule has 0 saturated carbocycles. The lowest BCUT2D eigenvalue weighted by molar-refractivity contribution is -0.191. The smallest absolute Gasteiger partial charge is 0.481 e. The van der Waals surface area contributed by atoms with Crippen molar-refractivity contribution in [2.45, 2.75) is 6.42 Å². The van der Waals surface area contributed by atoms with Gasteiger partial charge in [0.2, 0.25) is 0 Å². The largest absolute Gasteiger partial charge is 0.614 e. The van der Waals surface area contributed by atoms with E-state index < -0.39 is 44.0 Å². The third kappa shape index (κ3) is 28.2. The molecule has 0 saturated heterocycles. The summed E-state index contributed by atoms with van der Waals surface area (Å²) < 4.78 is 3.68. The van der Waals surface area contributed by atoms with Crippen molar-refractivity contribution in [3.8, 4) is 0 Å². The maximum atomic E-state index is 9.97. The first kappa shape index (κ1) is 28.4. The van der Waals surface area contributed by atoms with Crippen molar-refractivity contribution in [2.75, 3.05) is 0 Å². The minimum atomic E-state index is -4.51. The molecule has 15 heteroatoms. The lowest BCUT2D eigenvalue weighted by atomic mass is 10.3. The van der Waals surface area contributed by atoms with Gasteiger partial charge in [-0.2, -0.15) is 24.3 Å². The number of aliphatic carboxylic acids is 3. The Morgan fingerprint density at radius 3 is 1.39 bits per heavy atom. The van der Waals surface area contributed by atoms with Crippen LogP contribution in [0.3, 0.4) is 0 Å². The van der Waals surface area contributed by atoms with E-state index >= 15 is 0 Å². The molecule has 0 radical (unpaired) electrons. The van der Waals surface area contributed by atoms with Crippen molar-refractivity contribution < 1.29 is 68.8 Å². The van der Waals surface area contributed by atoms with Gasteiger partial charge in [-0.1, -0.05) is 0 Å². The van der Waals surface area contributed by atoms with Gasteiger partial charge in [0.25, 0.3) is 11.5 Å². The number of Topliss-reactive ketones (excluding diaryl/α,β-unsaturated/α-hetero) is 1. The fourth-order valence-corrected chi connectivity index (χ4v) is 0.774. The number of carboxylic acid groups (broad SMARTS) is 3. The van der Waals surface area contributed by atoms with Gasteiger partial charge < -0.3 is 20.8 Å². The predicted octanol–water partition coefficient (Wildman–Crippen LogP) is -3.04. The maximum absolute atomic E-state index is 9.97. The summed E-state index contributed by atoms with van der Waals surface area (Å²) in [5, 5.41) is 23.7. The molecular formula is C8H12O14P+. The molecule has 0 heterocycles. The van der Waals surface area contributed by atoms with E-state index in [1.807, 2.05) is 0 Å². The standard InChI is InChI=1S/C4H4O5.C3H5O6P.CO2.H2O/c5-2(4(8)9)1-3(6)7;1-2(3(4)5)9-10(6,7)8;2-1-3;/h1H2,(H,6,7)(H,8,9);6-8H,1H2;;1H2/p+1. The van der Waals surface area contributed by atoms with Crippen LogP contribution in [0.4, 0.5) is 0 Å². The van der Waals surface area contributed by atoms with Gasteiger partial charge in [-0.25, -0.2) is 9.59 Å². The van der Waals surface area contributed by atoms with Gasteiger partial charge in [0.15, 0.2) is 0 Å². The number of carboxylic acids is 3. The van der Waals surface area contributed by atoms with Crippen LogP contribution in [0, 0.1) is 0 Å². The Hall–Kier alpha value is -2.73. The third-order valence-electron chi connectivity index (χ3n) is 1.02. The van der Waals surface area contributed by atoms with Crippen LogP contribution in [-0.4, -0.2) is 65.3 Å². The van der Waals surface area contributed by atoms with E-state index in [9.17, 15) is 19.2 Å². The zero-order valence-electron chi connectivity index (χ0n) is 10.9. The Labute approximate surface area is 126 Å². The monoisotopic (exact) mass is 363 g/mol. The van der Waals surface area contributed by atoms with Crippen molar-refractivity contribution in [1.29, 1.82) is 0 Å². The molecule has 0 aromatic rings. The van der Waals surface area contributed by atoms with E-state index in [4.69, 9.17) is 39.6 Å². The molecule has 0 unspecified atom stereocenters. The zero-order valence-corrected chi connectivity index (χ0v) is 11.8. The first-order valence-corrected chi connectivity index (χ1v) is 6.01. The summed E-state index contributed by atoms with van der Waals surface area (Å²) in [5.41, 5.74) is 0. The van der Waals surface area contributed by atoms with Crippen LogP contribution >= 0.6 is 8.17 Å². The van der Waals surface area contributed by atoms with Crippen molar-refractivity contribution in [2.24, 2.45) is 0 Å². The van der Waals surface area contributed by atoms with Crippen LogP contribution in [0.5, 0.6) is 0 Å². The van der Waals surface area contributed by atoms with E-state index in [1.165, 1.54) is 0 Å². The van der Waals surface area contributed by atoms with Gasteiger partial charge >= 0.3 is 32.2 Å². The molecule has 0 bridgehead atoms. The molecule has 0 aromatic carbocycles. The third-order valence-corrected chi connectivity index (χ3v) is 1.49. The van der Waals surface area contributed by atoms with Gasteiger partial charge in [-0.15, -0.1) is 0 Å². The molecule has 132 valence electrons. The fourth-order valence-electron chi connectivity index (χ4n) is 0.400. The molecule has 0 aliphatic carbocycles. The van der Waals surface area contributed by atoms with Gasteiger partial charge in [0.05, 0.1) is 0 Å². The first-order chi connectivity index (χ1) is 9.78. The molecule has 23 heavy (non-hydrogen) atoms. The highest BCUT2D eigenvalue weighted by Gasteiger charge is 2.37. The Kier molecular flexibility index (Phi) is 17.6. The van der Waals surface area contributed by atoms with Gasteiger partial charge in [0, 0.05) is 0 Å². The van der Waals surface area contributed by atoms with Crippen LogP contribution in [0.15, 0.2) is 12.3 Å². The highest BCUT2D eigenvalue weighted by Crippen LogP contribution is 2.47. The Balaban J connectivity index is -0.000000130. The van der Waals surface area contributed by atoms with E-state index in [2.05, 4.69) is 11.1 Å². The quantitative estimate of drug-likeness (QED) is 0.0901. The van der Waals surface area contributed by atoms with Crippen LogP contribution in [-0.2, 0) is 33.3 Å². The van der Waals surface area contributed by atoms with E-state index in [0.717, 1.165) is 0 Å². The highest BCUT2D eigenvalue weighted by atomic mass is 31.2. The summed E-state index contributed by atoms with van der Waals surface area (Å²) in [5.74, 6) is -6.93. The second kappa shape index (κ2) is 14.2. The molecule has 0 amide bonds. The van der Waals surface area contributed by atoms with Crippen LogP contribution in [0.2, 0.25) is 0 Å². The summed E-state index contributed by atoms with van der Waals surface area (Å²) in [4.78, 5) is 79.6. The number of hydrogen-bond acceptors (Lipinski definition) is 10. The molecule has 0 spiro atoms. The number of ketones is 1. The number of hydrogen-bond donors (Lipinski definition) is 6. The van der Waals surface area contributed by atoms with Crippen LogP contribution in [0.25, 0.3) is 0 Å². The zero-order chi connectivity index (χ0) is 18.5. The van der Waals surface area contributed by atoms with E-state index in [1.54, 1.807) is 0 Å². The Morgan fingerprint density at radius 2 is 1.30 bits per heavy atom. The Bertz CT molecular complexity index is 468. The molecule has 0 atom stereocenters.